The maximum Gasteiger partial charge on any atom is 0.334 e. The molecule has 0 saturated carbocycles. The van der Waals surface area contributed by atoms with E-state index in [2.05, 4.69) is 10.6 Å². The fourth-order valence-corrected chi connectivity index (χ4v) is 1.38. The van der Waals surface area contributed by atoms with Gasteiger partial charge in [-0.1, -0.05) is 11.6 Å². The number of amides is 2. The summed E-state index contributed by atoms with van der Waals surface area (Å²) in [6.07, 6.45) is -1.65. The van der Waals surface area contributed by atoms with E-state index >= 15 is 0 Å². The standard InChI is InChI=1S/C11H13ClN2O5/c1-19-9-4-6(2-3-7(9)12)14-11(18)13-5-8(15)10(16)17/h2-4,8,15H,5H2,1H3,(H,16,17)(H2,13,14,18). The molecule has 0 aliphatic heterocycles. The highest BCUT2D eigenvalue weighted by atomic mass is 35.5. The van der Waals surface area contributed by atoms with Gasteiger partial charge in [0.25, 0.3) is 0 Å². The molecule has 19 heavy (non-hydrogen) atoms. The summed E-state index contributed by atoms with van der Waals surface area (Å²) < 4.78 is 4.98. The molecule has 0 aliphatic carbocycles. The number of benzene rings is 1. The number of ether oxygens (including phenoxy) is 1. The predicted molar refractivity (Wildman–Crippen MR) is 68.7 cm³/mol. The summed E-state index contributed by atoms with van der Waals surface area (Å²) in [6, 6.07) is 3.96. The van der Waals surface area contributed by atoms with E-state index in [0.717, 1.165) is 0 Å². The zero-order valence-electron chi connectivity index (χ0n) is 10.0. The highest BCUT2D eigenvalue weighted by Gasteiger charge is 2.14. The fraction of sp³-hybridized carbons (Fsp3) is 0.273. The van der Waals surface area contributed by atoms with Crippen LogP contribution in [0.3, 0.4) is 0 Å². The molecule has 1 rings (SSSR count). The van der Waals surface area contributed by atoms with Gasteiger partial charge in [-0.15, -0.1) is 0 Å². The lowest BCUT2D eigenvalue weighted by Gasteiger charge is -2.10. The van der Waals surface area contributed by atoms with Crippen LogP contribution in [0.25, 0.3) is 0 Å². The number of methoxy groups -OCH3 is 1. The molecule has 0 heterocycles. The van der Waals surface area contributed by atoms with E-state index in [4.69, 9.17) is 26.6 Å². The molecule has 1 unspecified atom stereocenters. The molecule has 1 atom stereocenters. The Morgan fingerprint density at radius 1 is 1.47 bits per heavy atom. The molecule has 0 spiro atoms. The van der Waals surface area contributed by atoms with Gasteiger partial charge in [-0.3, -0.25) is 0 Å². The normalized spacial score (nSPS) is 11.5. The zero-order chi connectivity index (χ0) is 14.4. The van der Waals surface area contributed by atoms with Crippen molar-refractivity contribution in [1.29, 1.82) is 0 Å². The second-order valence-electron chi connectivity index (χ2n) is 3.54. The van der Waals surface area contributed by atoms with E-state index in [1.165, 1.54) is 13.2 Å². The van der Waals surface area contributed by atoms with Crippen LogP contribution in [0, 0.1) is 0 Å². The van der Waals surface area contributed by atoms with E-state index < -0.39 is 24.6 Å². The van der Waals surface area contributed by atoms with E-state index in [0.29, 0.717) is 16.5 Å². The molecule has 1 aromatic carbocycles. The van der Waals surface area contributed by atoms with Gasteiger partial charge in [0.15, 0.2) is 6.10 Å². The number of urea groups is 1. The van der Waals surface area contributed by atoms with Crippen molar-refractivity contribution in [2.45, 2.75) is 6.10 Å². The van der Waals surface area contributed by atoms with Gasteiger partial charge in [-0.05, 0) is 12.1 Å². The van der Waals surface area contributed by atoms with Gasteiger partial charge < -0.3 is 25.6 Å². The number of hydrogen-bond donors (Lipinski definition) is 4. The van der Waals surface area contributed by atoms with Gasteiger partial charge >= 0.3 is 12.0 Å². The lowest BCUT2D eigenvalue weighted by Crippen LogP contribution is -2.38. The molecule has 8 heteroatoms. The van der Waals surface area contributed by atoms with Gasteiger partial charge in [0.1, 0.15) is 5.75 Å². The molecule has 1 aromatic rings. The first-order valence-electron chi connectivity index (χ1n) is 5.23. The summed E-state index contributed by atoms with van der Waals surface area (Å²) in [6.45, 7) is -0.397. The van der Waals surface area contributed by atoms with Crippen LogP contribution in [0.15, 0.2) is 18.2 Å². The van der Waals surface area contributed by atoms with Crippen LogP contribution >= 0.6 is 11.6 Å². The second kappa shape index (κ2) is 6.81. The van der Waals surface area contributed by atoms with Crippen LogP contribution < -0.4 is 15.4 Å². The van der Waals surface area contributed by atoms with Crippen molar-refractivity contribution in [2.24, 2.45) is 0 Å². The number of carboxylic acids is 1. The third-order valence-corrected chi connectivity index (χ3v) is 2.46. The molecule has 0 aromatic heterocycles. The summed E-state index contributed by atoms with van der Waals surface area (Å²) in [5, 5.41) is 22.5. The van der Waals surface area contributed by atoms with Gasteiger partial charge in [0.05, 0.1) is 18.7 Å². The lowest BCUT2D eigenvalue weighted by molar-refractivity contribution is -0.146. The monoisotopic (exact) mass is 288 g/mol. The molecule has 4 N–H and O–H groups in total. The Morgan fingerprint density at radius 2 is 2.16 bits per heavy atom. The van der Waals surface area contributed by atoms with Crippen molar-refractivity contribution in [1.82, 2.24) is 5.32 Å². The van der Waals surface area contributed by atoms with Crippen LogP contribution in [0.2, 0.25) is 5.02 Å². The molecular weight excluding hydrogens is 276 g/mol. The van der Waals surface area contributed by atoms with Gasteiger partial charge in [0, 0.05) is 11.8 Å². The minimum Gasteiger partial charge on any atom is -0.495 e. The quantitative estimate of drug-likeness (QED) is 0.644. The van der Waals surface area contributed by atoms with Crippen molar-refractivity contribution in [3.63, 3.8) is 0 Å². The summed E-state index contributed by atoms with van der Waals surface area (Å²) >= 11 is 5.82. The van der Waals surface area contributed by atoms with Crippen LogP contribution in [-0.4, -0.2) is 42.0 Å². The summed E-state index contributed by atoms with van der Waals surface area (Å²) in [7, 11) is 1.44. The molecule has 104 valence electrons. The predicted octanol–water partition coefficient (Wildman–Crippen LogP) is 0.916. The van der Waals surface area contributed by atoms with E-state index in [1.807, 2.05) is 0 Å². The molecular formula is C11H13ClN2O5. The van der Waals surface area contributed by atoms with Crippen LogP contribution in [0.4, 0.5) is 10.5 Å². The van der Waals surface area contributed by atoms with E-state index in [9.17, 15) is 9.59 Å². The number of nitrogens with one attached hydrogen (secondary N) is 2. The highest BCUT2D eigenvalue weighted by Crippen LogP contribution is 2.27. The first-order chi connectivity index (χ1) is 8.93. The number of aliphatic hydroxyl groups is 1. The van der Waals surface area contributed by atoms with Crippen molar-refractivity contribution in [3.05, 3.63) is 23.2 Å². The average Bonchev–Trinajstić information content (AvgIpc) is 2.38. The Hall–Kier alpha value is -1.99. The molecule has 2 amide bonds. The topological polar surface area (TPSA) is 108 Å². The maximum atomic E-state index is 11.4. The third kappa shape index (κ3) is 4.65. The van der Waals surface area contributed by atoms with Gasteiger partial charge in [-0.25, -0.2) is 9.59 Å². The minimum atomic E-state index is -1.65. The average molecular weight is 289 g/mol. The second-order valence-corrected chi connectivity index (χ2v) is 3.95. The Labute approximate surface area is 114 Å². The number of carboxylic acid groups (broad SMARTS) is 1. The van der Waals surface area contributed by atoms with Crippen LogP contribution in [-0.2, 0) is 4.79 Å². The number of anilines is 1. The SMILES string of the molecule is COc1cc(NC(=O)NCC(O)C(=O)O)ccc1Cl. The molecule has 0 fully saturated rings. The Morgan fingerprint density at radius 3 is 2.74 bits per heavy atom. The first kappa shape index (κ1) is 15.1. The van der Waals surface area contributed by atoms with E-state index in [-0.39, 0.29) is 0 Å². The minimum absolute atomic E-state index is 0.394. The summed E-state index contributed by atoms with van der Waals surface area (Å²) in [4.78, 5) is 21.8. The smallest absolute Gasteiger partial charge is 0.334 e. The molecule has 7 nitrogen and oxygen atoms in total. The number of halogens is 1. The van der Waals surface area contributed by atoms with Crippen molar-refractivity contribution >= 4 is 29.3 Å². The van der Waals surface area contributed by atoms with Crippen LogP contribution in [0.1, 0.15) is 0 Å². The number of carbonyl (C=O) groups is 2. The Bertz CT molecular complexity index is 480. The number of aliphatic carboxylic acids is 1. The maximum absolute atomic E-state index is 11.4. The number of aliphatic hydroxyl groups excluding tert-OH is 1. The number of carbonyl (C=O) groups excluding carboxylic acids is 1. The van der Waals surface area contributed by atoms with Gasteiger partial charge in [0.2, 0.25) is 0 Å². The largest absolute Gasteiger partial charge is 0.495 e. The zero-order valence-corrected chi connectivity index (χ0v) is 10.8. The number of hydrogen-bond acceptors (Lipinski definition) is 4. The molecule has 0 bridgehead atoms. The van der Waals surface area contributed by atoms with Crippen molar-refractivity contribution in [3.8, 4) is 5.75 Å². The Kier molecular flexibility index (Phi) is 5.40. The number of rotatable bonds is 5. The first-order valence-corrected chi connectivity index (χ1v) is 5.61. The van der Waals surface area contributed by atoms with Crippen molar-refractivity contribution in [2.75, 3.05) is 19.0 Å². The summed E-state index contributed by atoms with van der Waals surface area (Å²) in [5.41, 5.74) is 0.420. The molecule has 0 radical (unpaired) electrons. The van der Waals surface area contributed by atoms with Crippen LogP contribution in [0.5, 0.6) is 5.75 Å². The third-order valence-electron chi connectivity index (χ3n) is 2.15. The lowest BCUT2D eigenvalue weighted by atomic mass is 10.3. The van der Waals surface area contributed by atoms with Crippen molar-refractivity contribution < 1.29 is 24.5 Å². The van der Waals surface area contributed by atoms with Gasteiger partial charge in [-0.2, -0.15) is 0 Å². The molecule has 0 saturated heterocycles. The fourth-order valence-electron chi connectivity index (χ4n) is 1.19. The Balaban J connectivity index is 2.55. The molecule has 0 aliphatic rings. The highest BCUT2D eigenvalue weighted by molar-refractivity contribution is 6.32. The van der Waals surface area contributed by atoms with E-state index in [1.54, 1.807) is 12.1 Å². The summed E-state index contributed by atoms with van der Waals surface area (Å²) in [5.74, 6) is -1.02.